The number of aliphatic carboxylic acids is 1. The number of carboxylic acids is 1. The van der Waals surface area contributed by atoms with Gasteiger partial charge in [0.05, 0.1) is 6.04 Å². The van der Waals surface area contributed by atoms with Crippen LogP contribution in [0, 0.1) is 5.92 Å². The lowest BCUT2D eigenvalue weighted by Gasteiger charge is -2.25. The van der Waals surface area contributed by atoms with E-state index in [1.807, 2.05) is 68.4 Å². The topological polar surface area (TPSA) is 125 Å². The van der Waals surface area contributed by atoms with Gasteiger partial charge < -0.3 is 25.6 Å². The average molecular weight is 485 g/mol. The predicted molar refractivity (Wildman–Crippen MR) is 133 cm³/mol. The third kappa shape index (κ3) is 9.41. The monoisotopic (exact) mass is 484 g/mol. The van der Waals surface area contributed by atoms with Gasteiger partial charge in [0.2, 0.25) is 0 Å². The summed E-state index contributed by atoms with van der Waals surface area (Å²) in [6.07, 6.45) is -2.11. The Bertz CT molecular complexity index is 959. The second-order valence-corrected chi connectivity index (χ2v) is 9.39. The maximum atomic E-state index is 12.8. The smallest absolute Gasteiger partial charge is 0.407 e. The highest BCUT2D eigenvalue weighted by atomic mass is 16.5. The Hall–Kier alpha value is -3.39. The number of nitrogens with one attached hydrogen (secondary N) is 2. The minimum absolute atomic E-state index is 0.0231. The number of aliphatic hydroxyl groups excluding tert-OH is 1. The van der Waals surface area contributed by atoms with Gasteiger partial charge in [-0.3, -0.25) is 4.79 Å². The van der Waals surface area contributed by atoms with Crippen LogP contribution in [0.15, 0.2) is 54.6 Å². The van der Waals surface area contributed by atoms with Gasteiger partial charge >= 0.3 is 12.1 Å². The van der Waals surface area contributed by atoms with Crippen LogP contribution in [0.1, 0.15) is 56.7 Å². The maximum Gasteiger partial charge on any atom is 0.407 e. The molecule has 8 nitrogen and oxygen atoms in total. The Kier molecular flexibility index (Phi) is 10.7. The molecule has 3 atom stereocenters. The molecular weight excluding hydrogens is 448 g/mol. The van der Waals surface area contributed by atoms with Crippen LogP contribution >= 0.6 is 0 Å². The third-order valence-corrected chi connectivity index (χ3v) is 5.59. The van der Waals surface area contributed by atoms with E-state index in [0.29, 0.717) is 5.92 Å². The normalized spacial score (nSPS) is 13.7. The standard InChI is InChI=1S/C27H36N2O6/c1-17(2)14-23(26(32)33)28-25(31)24(30)22(15-19-10-12-21(13-11-19)18(3)4)29-27(34)35-16-20-8-6-5-7-9-20/h5-13,17-18,22-24,30H,14-16H2,1-4H3,(H,28,31)(H,29,34)(H,32,33)/t22?,23-,24?/m0/s1. The molecular formula is C27H36N2O6. The van der Waals surface area contributed by atoms with Crippen molar-refractivity contribution < 1.29 is 29.3 Å². The highest BCUT2D eigenvalue weighted by Crippen LogP contribution is 2.16. The van der Waals surface area contributed by atoms with E-state index in [9.17, 15) is 24.6 Å². The zero-order chi connectivity index (χ0) is 26.0. The minimum atomic E-state index is -1.68. The number of amides is 2. The molecule has 8 heteroatoms. The number of benzene rings is 2. The Morgan fingerprint density at radius 3 is 2.06 bits per heavy atom. The highest BCUT2D eigenvalue weighted by molar-refractivity contribution is 5.87. The van der Waals surface area contributed by atoms with Crippen LogP contribution in [0.2, 0.25) is 0 Å². The molecule has 0 aromatic heterocycles. The first-order valence-corrected chi connectivity index (χ1v) is 11.8. The molecule has 0 aliphatic carbocycles. The summed E-state index contributed by atoms with van der Waals surface area (Å²) in [5, 5.41) is 25.2. The highest BCUT2D eigenvalue weighted by Gasteiger charge is 2.31. The molecule has 2 aromatic carbocycles. The van der Waals surface area contributed by atoms with Gasteiger partial charge in [0.1, 0.15) is 12.6 Å². The van der Waals surface area contributed by atoms with E-state index in [1.165, 1.54) is 0 Å². The zero-order valence-corrected chi connectivity index (χ0v) is 20.7. The molecule has 0 aliphatic rings. The second kappa shape index (κ2) is 13.5. The molecule has 2 amide bonds. The summed E-state index contributed by atoms with van der Waals surface area (Å²) < 4.78 is 5.26. The van der Waals surface area contributed by atoms with E-state index < -0.39 is 36.2 Å². The van der Waals surface area contributed by atoms with Crippen LogP contribution < -0.4 is 10.6 Å². The maximum absolute atomic E-state index is 12.8. The molecule has 190 valence electrons. The van der Waals surface area contributed by atoms with Crippen molar-refractivity contribution in [1.29, 1.82) is 0 Å². The molecule has 0 fully saturated rings. The lowest BCUT2D eigenvalue weighted by Crippen LogP contribution is -2.54. The summed E-state index contributed by atoms with van der Waals surface area (Å²) in [6.45, 7) is 7.86. The molecule has 0 heterocycles. The number of carbonyl (C=O) groups excluding carboxylic acids is 2. The first-order chi connectivity index (χ1) is 16.6. The second-order valence-electron chi connectivity index (χ2n) is 9.39. The van der Waals surface area contributed by atoms with Crippen molar-refractivity contribution in [3.63, 3.8) is 0 Å². The van der Waals surface area contributed by atoms with E-state index in [0.717, 1.165) is 16.7 Å². The number of hydrogen-bond donors (Lipinski definition) is 4. The van der Waals surface area contributed by atoms with Crippen molar-refractivity contribution in [2.75, 3.05) is 0 Å². The number of carboxylic acid groups (broad SMARTS) is 1. The lowest BCUT2D eigenvalue weighted by atomic mass is 9.96. The van der Waals surface area contributed by atoms with Gasteiger partial charge in [-0.05, 0) is 41.4 Å². The molecule has 2 aromatic rings. The lowest BCUT2D eigenvalue weighted by molar-refractivity contribution is -0.144. The molecule has 35 heavy (non-hydrogen) atoms. The summed E-state index contributed by atoms with van der Waals surface area (Å²) in [6, 6.07) is 14.6. The summed E-state index contributed by atoms with van der Waals surface area (Å²) >= 11 is 0. The third-order valence-electron chi connectivity index (χ3n) is 5.59. The largest absolute Gasteiger partial charge is 0.480 e. The van der Waals surface area contributed by atoms with E-state index in [-0.39, 0.29) is 25.4 Å². The number of alkyl carbamates (subject to hydrolysis) is 1. The van der Waals surface area contributed by atoms with Crippen LogP contribution in [0.25, 0.3) is 0 Å². The SMILES string of the molecule is CC(C)C[C@H](NC(=O)C(O)C(Cc1ccc(C(C)C)cc1)NC(=O)OCc1ccccc1)C(=O)O. The van der Waals surface area contributed by atoms with Gasteiger partial charge in [-0.1, -0.05) is 82.3 Å². The number of rotatable bonds is 12. The van der Waals surface area contributed by atoms with E-state index in [2.05, 4.69) is 24.5 Å². The van der Waals surface area contributed by atoms with Crippen molar-refractivity contribution >= 4 is 18.0 Å². The van der Waals surface area contributed by atoms with Crippen molar-refractivity contribution in [3.05, 3.63) is 71.3 Å². The Morgan fingerprint density at radius 2 is 1.51 bits per heavy atom. The van der Waals surface area contributed by atoms with Gasteiger partial charge in [0, 0.05) is 0 Å². The van der Waals surface area contributed by atoms with Crippen molar-refractivity contribution in [2.45, 2.75) is 71.2 Å². The molecule has 4 N–H and O–H groups in total. The van der Waals surface area contributed by atoms with Crippen molar-refractivity contribution in [3.8, 4) is 0 Å². The Balaban J connectivity index is 2.14. The van der Waals surface area contributed by atoms with Crippen LogP contribution in [0.3, 0.4) is 0 Å². The van der Waals surface area contributed by atoms with E-state index in [1.54, 1.807) is 0 Å². The van der Waals surface area contributed by atoms with Crippen LogP contribution in [-0.2, 0) is 27.4 Å². The van der Waals surface area contributed by atoms with Crippen LogP contribution in [-0.4, -0.2) is 46.4 Å². The number of hydrogen-bond acceptors (Lipinski definition) is 5. The van der Waals surface area contributed by atoms with Gasteiger partial charge in [-0.15, -0.1) is 0 Å². The van der Waals surface area contributed by atoms with Gasteiger partial charge in [-0.25, -0.2) is 9.59 Å². The fourth-order valence-corrected chi connectivity index (χ4v) is 3.58. The summed E-state index contributed by atoms with van der Waals surface area (Å²) in [5.74, 6) is -1.69. The Labute approximate surface area is 206 Å². The number of carbonyl (C=O) groups is 3. The van der Waals surface area contributed by atoms with Crippen LogP contribution in [0.5, 0.6) is 0 Å². The van der Waals surface area contributed by atoms with Crippen LogP contribution in [0.4, 0.5) is 4.79 Å². The first-order valence-electron chi connectivity index (χ1n) is 11.8. The molecule has 0 spiro atoms. The van der Waals surface area contributed by atoms with Gasteiger partial charge in [0.25, 0.3) is 5.91 Å². The molecule has 2 rings (SSSR count). The first kappa shape index (κ1) is 27.9. The molecule has 0 saturated heterocycles. The number of ether oxygens (including phenoxy) is 1. The fourth-order valence-electron chi connectivity index (χ4n) is 3.58. The number of aliphatic hydroxyl groups is 1. The molecule has 2 unspecified atom stereocenters. The summed E-state index contributed by atoms with van der Waals surface area (Å²) in [5.41, 5.74) is 2.73. The molecule has 0 bridgehead atoms. The zero-order valence-electron chi connectivity index (χ0n) is 20.7. The Morgan fingerprint density at radius 1 is 0.886 bits per heavy atom. The van der Waals surface area contributed by atoms with E-state index in [4.69, 9.17) is 4.74 Å². The van der Waals surface area contributed by atoms with E-state index >= 15 is 0 Å². The van der Waals surface area contributed by atoms with Gasteiger partial charge in [0.15, 0.2) is 6.10 Å². The molecule has 0 saturated carbocycles. The molecule has 0 aliphatic heterocycles. The minimum Gasteiger partial charge on any atom is -0.480 e. The summed E-state index contributed by atoms with van der Waals surface area (Å²) in [4.78, 5) is 36.8. The predicted octanol–water partition coefficient (Wildman–Crippen LogP) is 3.62. The quantitative estimate of drug-likeness (QED) is 0.365. The van der Waals surface area contributed by atoms with Crippen molar-refractivity contribution in [1.82, 2.24) is 10.6 Å². The summed E-state index contributed by atoms with van der Waals surface area (Å²) in [7, 11) is 0. The van der Waals surface area contributed by atoms with Gasteiger partial charge in [-0.2, -0.15) is 0 Å². The fraction of sp³-hybridized carbons (Fsp3) is 0.444. The molecule has 0 radical (unpaired) electrons. The van der Waals surface area contributed by atoms with Crippen molar-refractivity contribution in [2.24, 2.45) is 5.92 Å². The average Bonchev–Trinajstić information content (AvgIpc) is 2.82.